The molecule has 0 saturated heterocycles. The second-order valence-electron chi connectivity index (χ2n) is 11.1. The molecule has 1 amide bonds. The number of ether oxygens (including phenoxy) is 1. The fraction of sp³-hybridized carbons (Fsp3) is 0.448. The Bertz CT molecular complexity index is 1530. The number of aromatic nitrogens is 2. The van der Waals surface area contributed by atoms with Gasteiger partial charge in [-0.25, -0.2) is 4.98 Å². The number of anilines is 1. The van der Waals surface area contributed by atoms with Gasteiger partial charge >= 0.3 is 6.18 Å². The van der Waals surface area contributed by atoms with Gasteiger partial charge in [-0.15, -0.1) is 0 Å². The van der Waals surface area contributed by atoms with Crippen molar-refractivity contribution in [3.05, 3.63) is 71.7 Å². The van der Waals surface area contributed by atoms with Gasteiger partial charge in [0.05, 0.1) is 31.0 Å². The first-order valence-electron chi connectivity index (χ1n) is 13.7. The highest BCUT2D eigenvalue weighted by Crippen LogP contribution is 2.31. The third kappa shape index (κ3) is 8.06. The maximum atomic E-state index is 13.4. The van der Waals surface area contributed by atoms with Crippen molar-refractivity contribution in [3.8, 4) is 5.75 Å². The molecule has 234 valence electrons. The third-order valence-corrected chi connectivity index (χ3v) is 8.62. The van der Waals surface area contributed by atoms with Crippen LogP contribution in [0, 0.1) is 5.92 Å². The van der Waals surface area contributed by atoms with E-state index >= 15 is 0 Å². The molecule has 0 spiro atoms. The molecule has 2 N–H and O–H groups in total. The predicted molar refractivity (Wildman–Crippen MR) is 154 cm³/mol. The highest BCUT2D eigenvalue weighted by atomic mass is 32.2. The quantitative estimate of drug-likeness (QED) is 0.375. The Balaban J connectivity index is 1.59. The number of likely N-dealkylation sites (N-methyl/N-ethyl adjacent to an activating group) is 1. The topological polar surface area (TPSA) is 117 Å². The SMILES string of the molecule is C[C@H]1CN([C@@H](C)CO)C(=O)Cc2cc(NS(=O)(=O)c3cn(C)cn3)ccc2O[C@@H]1CN(C)Cc1ccc(C(F)(F)F)cc1. The number of benzene rings is 2. The number of hydrogen-bond donors (Lipinski definition) is 2. The number of amides is 1. The Morgan fingerprint density at radius 2 is 1.91 bits per heavy atom. The fourth-order valence-corrected chi connectivity index (χ4v) is 5.96. The van der Waals surface area contributed by atoms with E-state index in [1.165, 1.54) is 29.2 Å². The molecule has 4 rings (SSSR count). The molecule has 0 radical (unpaired) electrons. The van der Waals surface area contributed by atoms with E-state index in [1.807, 2.05) is 18.9 Å². The van der Waals surface area contributed by atoms with E-state index in [-0.39, 0.29) is 35.6 Å². The molecule has 0 unspecified atom stereocenters. The van der Waals surface area contributed by atoms with Gasteiger partial charge in [0.25, 0.3) is 10.0 Å². The maximum Gasteiger partial charge on any atom is 0.416 e. The second-order valence-corrected chi connectivity index (χ2v) is 12.7. The van der Waals surface area contributed by atoms with Crippen molar-refractivity contribution in [2.24, 2.45) is 13.0 Å². The minimum Gasteiger partial charge on any atom is -0.488 e. The number of aliphatic hydroxyl groups is 1. The van der Waals surface area contributed by atoms with Crippen molar-refractivity contribution >= 4 is 21.6 Å². The number of carbonyl (C=O) groups excluding carboxylic acids is 1. The summed E-state index contributed by atoms with van der Waals surface area (Å²) in [7, 11) is -0.498. The summed E-state index contributed by atoms with van der Waals surface area (Å²) in [6.07, 6.45) is -2.20. The van der Waals surface area contributed by atoms with Gasteiger partial charge in [0, 0.05) is 50.0 Å². The van der Waals surface area contributed by atoms with E-state index in [4.69, 9.17) is 4.74 Å². The van der Waals surface area contributed by atoms with Crippen molar-refractivity contribution < 1.29 is 36.2 Å². The molecule has 0 aliphatic carbocycles. The van der Waals surface area contributed by atoms with Crippen LogP contribution in [-0.2, 0) is 41.0 Å². The molecule has 3 atom stereocenters. The number of nitrogens with one attached hydrogen (secondary N) is 1. The van der Waals surface area contributed by atoms with E-state index in [9.17, 15) is 31.5 Å². The number of halogens is 3. The molecular formula is C29H36F3N5O5S. The van der Waals surface area contributed by atoms with Crippen molar-refractivity contribution in [2.45, 2.75) is 50.2 Å². The number of nitrogens with zero attached hydrogens (tertiary/aromatic N) is 4. The molecule has 0 saturated carbocycles. The fourth-order valence-electron chi connectivity index (χ4n) is 4.93. The van der Waals surface area contributed by atoms with Crippen LogP contribution in [0.4, 0.5) is 18.9 Å². The van der Waals surface area contributed by atoms with E-state index in [0.29, 0.717) is 36.5 Å². The van der Waals surface area contributed by atoms with Crippen LogP contribution in [0.3, 0.4) is 0 Å². The summed E-state index contributed by atoms with van der Waals surface area (Å²) in [4.78, 5) is 20.9. The summed E-state index contributed by atoms with van der Waals surface area (Å²) >= 11 is 0. The van der Waals surface area contributed by atoms with Gasteiger partial charge in [-0.05, 0) is 49.9 Å². The number of rotatable bonds is 9. The minimum absolute atomic E-state index is 0.0837. The highest BCUT2D eigenvalue weighted by molar-refractivity contribution is 7.92. The van der Waals surface area contributed by atoms with Crippen molar-refractivity contribution in [3.63, 3.8) is 0 Å². The van der Waals surface area contributed by atoms with E-state index < -0.39 is 33.9 Å². The lowest BCUT2D eigenvalue weighted by atomic mass is 10.0. The van der Waals surface area contributed by atoms with Crippen LogP contribution >= 0.6 is 0 Å². The lowest BCUT2D eigenvalue weighted by Gasteiger charge is -2.34. The van der Waals surface area contributed by atoms with Gasteiger partial charge in [-0.3, -0.25) is 14.4 Å². The molecule has 0 bridgehead atoms. The molecule has 2 heterocycles. The average molecular weight is 624 g/mol. The first-order chi connectivity index (χ1) is 20.2. The summed E-state index contributed by atoms with van der Waals surface area (Å²) in [5.41, 5.74) is 0.673. The maximum absolute atomic E-state index is 13.4. The van der Waals surface area contributed by atoms with Gasteiger partial charge < -0.3 is 19.3 Å². The van der Waals surface area contributed by atoms with Gasteiger partial charge in [0.1, 0.15) is 11.9 Å². The standard InChI is InChI=1S/C29H36F3N5O5S/c1-19-13-37(20(2)17-38)28(39)12-22-11-24(34-43(40,41)27-16-36(4)18-33-27)9-10-25(22)42-26(19)15-35(3)14-21-5-7-23(8-6-21)29(30,31)32/h5-11,16,18-20,26,34,38H,12-15,17H2,1-4H3/t19-,20-,26+/m0/s1. The number of carbonyl (C=O) groups is 1. The molecule has 1 aliphatic rings. The Kier molecular flexibility index (Phi) is 9.72. The Morgan fingerprint density at radius 1 is 1.21 bits per heavy atom. The number of aliphatic hydroxyl groups excluding tert-OH is 1. The van der Waals surface area contributed by atoms with E-state index in [2.05, 4.69) is 9.71 Å². The van der Waals surface area contributed by atoms with E-state index in [1.54, 1.807) is 37.1 Å². The first kappa shape index (κ1) is 32.3. The molecular weight excluding hydrogens is 587 g/mol. The van der Waals surface area contributed by atoms with Crippen LogP contribution in [0.1, 0.15) is 30.5 Å². The summed E-state index contributed by atoms with van der Waals surface area (Å²) in [5.74, 6) is -0.0320. The van der Waals surface area contributed by atoms with Gasteiger partial charge in [-0.2, -0.15) is 21.6 Å². The molecule has 1 aliphatic heterocycles. The molecule has 2 aromatic carbocycles. The van der Waals surface area contributed by atoms with Crippen molar-refractivity contribution in [1.82, 2.24) is 19.4 Å². The molecule has 43 heavy (non-hydrogen) atoms. The Morgan fingerprint density at radius 3 is 2.51 bits per heavy atom. The zero-order chi connectivity index (χ0) is 31.5. The van der Waals surface area contributed by atoms with Crippen LogP contribution in [-0.4, -0.2) is 77.7 Å². The van der Waals surface area contributed by atoms with E-state index in [0.717, 1.165) is 12.1 Å². The summed E-state index contributed by atoms with van der Waals surface area (Å²) < 4.78 is 75.1. The summed E-state index contributed by atoms with van der Waals surface area (Å²) in [6, 6.07) is 9.23. The Hall–Kier alpha value is -3.62. The zero-order valence-corrected chi connectivity index (χ0v) is 25.2. The van der Waals surface area contributed by atoms with Gasteiger partial charge in [-0.1, -0.05) is 19.1 Å². The Labute approximate surface area is 249 Å². The zero-order valence-electron chi connectivity index (χ0n) is 24.4. The van der Waals surface area contributed by atoms with Gasteiger partial charge in [0.15, 0.2) is 5.03 Å². The lowest BCUT2D eigenvalue weighted by Crippen LogP contribution is -2.47. The number of aryl methyl sites for hydroxylation is 1. The van der Waals surface area contributed by atoms with Crippen molar-refractivity contribution in [2.75, 3.05) is 31.5 Å². The van der Waals surface area contributed by atoms with Gasteiger partial charge in [0.2, 0.25) is 5.91 Å². The minimum atomic E-state index is -4.41. The summed E-state index contributed by atoms with van der Waals surface area (Å²) in [6.45, 7) is 4.47. The lowest BCUT2D eigenvalue weighted by molar-refractivity contribution is -0.137. The van der Waals surface area contributed by atoms with Crippen molar-refractivity contribution in [1.29, 1.82) is 0 Å². The third-order valence-electron chi connectivity index (χ3n) is 7.35. The van der Waals surface area contributed by atoms with Crippen LogP contribution in [0.15, 0.2) is 60.0 Å². The van der Waals surface area contributed by atoms with Crippen LogP contribution in [0.25, 0.3) is 0 Å². The monoisotopic (exact) mass is 623 g/mol. The predicted octanol–water partition coefficient (Wildman–Crippen LogP) is 3.52. The van der Waals surface area contributed by atoms with Crippen LogP contribution in [0.5, 0.6) is 5.75 Å². The number of sulfonamides is 1. The smallest absolute Gasteiger partial charge is 0.416 e. The first-order valence-corrected chi connectivity index (χ1v) is 15.2. The number of fused-ring (bicyclic) bond motifs is 1. The highest BCUT2D eigenvalue weighted by Gasteiger charge is 2.32. The molecule has 1 aromatic heterocycles. The molecule has 3 aromatic rings. The number of hydrogen-bond acceptors (Lipinski definition) is 7. The second kappa shape index (κ2) is 12.9. The number of imidazole rings is 1. The largest absolute Gasteiger partial charge is 0.488 e. The van der Waals surface area contributed by atoms with Crippen LogP contribution in [0.2, 0.25) is 0 Å². The molecule has 0 fully saturated rings. The average Bonchev–Trinajstić information content (AvgIpc) is 3.39. The number of alkyl halides is 3. The van der Waals surface area contributed by atoms with Crippen LogP contribution < -0.4 is 9.46 Å². The molecule has 14 heteroatoms. The normalized spacial score (nSPS) is 18.8. The summed E-state index contributed by atoms with van der Waals surface area (Å²) in [5, 5.41) is 9.70. The molecule has 10 nitrogen and oxygen atoms in total.